The molecule has 0 aliphatic carbocycles. The van der Waals surface area contributed by atoms with Crippen molar-refractivity contribution >= 4 is 34.6 Å². The van der Waals surface area contributed by atoms with Crippen molar-refractivity contribution in [3.8, 4) is 0 Å². The Morgan fingerprint density at radius 1 is 0.862 bits per heavy atom. The van der Waals surface area contributed by atoms with E-state index in [1.165, 1.54) is 0 Å². The van der Waals surface area contributed by atoms with Crippen molar-refractivity contribution in [1.29, 1.82) is 0 Å². The maximum Gasteiger partial charge on any atom is 0.323 e. The number of ether oxygens (including phenoxy) is 1. The maximum absolute atomic E-state index is 12.1. The van der Waals surface area contributed by atoms with Gasteiger partial charge in [0, 0.05) is 18.8 Å². The second-order valence-corrected chi connectivity index (χ2v) is 6.62. The topological polar surface area (TPSA) is 78.5 Å². The minimum Gasteiger partial charge on any atom is -0.378 e. The number of hydrogen-bond donors (Lipinski definition) is 3. The molecule has 3 N–H and O–H groups in total. The van der Waals surface area contributed by atoms with Crippen LogP contribution in [-0.2, 0) is 4.74 Å². The van der Waals surface area contributed by atoms with Gasteiger partial charge in [-0.05, 0) is 36.4 Å². The van der Waals surface area contributed by atoms with Gasteiger partial charge in [0.15, 0.2) is 0 Å². The highest BCUT2D eigenvalue weighted by Gasteiger charge is 2.14. The van der Waals surface area contributed by atoms with Crippen LogP contribution in [0.5, 0.6) is 0 Å². The molecule has 0 saturated carbocycles. The van der Waals surface area contributed by atoms with Gasteiger partial charge < -0.3 is 25.6 Å². The first-order chi connectivity index (χ1) is 14.3. The van der Waals surface area contributed by atoms with E-state index in [2.05, 4.69) is 31.9 Å². The average Bonchev–Trinajstić information content (AvgIpc) is 2.77. The van der Waals surface area contributed by atoms with Crippen LogP contribution in [0.25, 0.3) is 0 Å². The highest BCUT2D eigenvalue weighted by molar-refractivity contribution is 5.99. The smallest absolute Gasteiger partial charge is 0.323 e. The van der Waals surface area contributed by atoms with E-state index in [-0.39, 0.29) is 6.03 Å². The molecule has 0 radical (unpaired) electrons. The number of morpholine rings is 1. The summed E-state index contributed by atoms with van der Waals surface area (Å²) in [6, 6.07) is 20.8. The summed E-state index contributed by atoms with van der Waals surface area (Å²) in [6.07, 6.45) is 1.63. The van der Waals surface area contributed by atoms with E-state index in [1.807, 2.05) is 60.7 Å². The van der Waals surface area contributed by atoms with Crippen LogP contribution in [0.2, 0.25) is 0 Å². The van der Waals surface area contributed by atoms with E-state index in [0.717, 1.165) is 43.4 Å². The molecule has 0 unspecified atom stereocenters. The molecule has 3 aromatic rings. The minimum atomic E-state index is -0.309. The molecule has 1 aromatic heterocycles. The largest absolute Gasteiger partial charge is 0.378 e. The Kier molecular flexibility index (Phi) is 5.87. The molecular formula is C22H23N5O2. The molecule has 0 atom stereocenters. The van der Waals surface area contributed by atoms with E-state index >= 15 is 0 Å². The number of benzene rings is 2. The molecule has 1 aliphatic rings. The van der Waals surface area contributed by atoms with Crippen LogP contribution >= 0.6 is 0 Å². The summed E-state index contributed by atoms with van der Waals surface area (Å²) in [4.78, 5) is 18.8. The fourth-order valence-corrected chi connectivity index (χ4v) is 3.15. The molecule has 2 heterocycles. The lowest BCUT2D eigenvalue weighted by Gasteiger charge is -2.30. The van der Waals surface area contributed by atoms with Gasteiger partial charge in [0.1, 0.15) is 5.82 Å². The van der Waals surface area contributed by atoms with Crippen molar-refractivity contribution in [3.63, 3.8) is 0 Å². The number of carbonyl (C=O) groups is 1. The number of aromatic nitrogens is 1. The van der Waals surface area contributed by atoms with Gasteiger partial charge in [0.2, 0.25) is 0 Å². The fourth-order valence-electron chi connectivity index (χ4n) is 3.15. The monoisotopic (exact) mass is 389 g/mol. The van der Waals surface area contributed by atoms with Gasteiger partial charge in [-0.2, -0.15) is 0 Å². The summed E-state index contributed by atoms with van der Waals surface area (Å²) in [7, 11) is 0. The van der Waals surface area contributed by atoms with Gasteiger partial charge in [-0.25, -0.2) is 9.78 Å². The van der Waals surface area contributed by atoms with Gasteiger partial charge >= 0.3 is 6.03 Å². The summed E-state index contributed by atoms with van der Waals surface area (Å²) in [5.74, 6) is 0.708. The lowest BCUT2D eigenvalue weighted by molar-refractivity contribution is 0.123. The molecule has 7 heteroatoms. The highest BCUT2D eigenvalue weighted by Crippen LogP contribution is 2.28. The summed E-state index contributed by atoms with van der Waals surface area (Å²) >= 11 is 0. The minimum absolute atomic E-state index is 0.309. The number of carbonyl (C=O) groups excluding carboxylic acids is 1. The molecule has 0 bridgehead atoms. The number of anilines is 5. The van der Waals surface area contributed by atoms with Crippen LogP contribution in [0.15, 0.2) is 72.9 Å². The van der Waals surface area contributed by atoms with E-state index in [4.69, 9.17) is 4.74 Å². The molecule has 1 saturated heterocycles. The van der Waals surface area contributed by atoms with Crippen molar-refractivity contribution in [2.24, 2.45) is 0 Å². The van der Waals surface area contributed by atoms with Gasteiger partial charge in [-0.3, -0.25) is 0 Å². The van der Waals surface area contributed by atoms with Gasteiger partial charge in [-0.15, -0.1) is 0 Å². The van der Waals surface area contributed by atoms with Crippen molar-refractivity contribution in [1.82, 2.24) is 4.98 Å². The molecule has 148 valence electrons. The zero-order chi connectivity index (χ0) is 19.9. The molecule has 0 spiro atoms. The van der Waals surface area contributed by atoms with Gasteiger partial charge in [-0.1, -0.05) is 30.3 Å². The third kappa shape index (κ3) is 5.03. The highest BCUT2D eigenvalue weighted by atomic mass is 16.5. The van der Waals surface area contributed by atoms with Crippen molar-refractivity contribution in [3.05, 3.63) is 72.9 Å². The number of urea groups is 1. The lowest BCUT2D eigenvalue weighted by atomic mass is 10.2. The Labute approximate surface area is 169 Å². The molecule has 29 heavy (non-hydrogen) atoms. The molecule has 1 fully saturated rings. The standard InChI is InChI=1S/C22H23N5O2/c28-22(24-17-6-2-1-3-7-17)25-18-10-11-21(23-16-18)26-19-8-4-5-9-20(19)27-12-14-29-15-13-27/h1-11,16H,12-15H2,(H,23,26)(H2,24,25,28). The van der Waals surface area contributed by atoms with E-state index in [0.29, 0.717) is 11.5 Å². The van der Waals surface area contributed by atoms with Gasteiger partial charge in [0.25, 0.3) is 0 Å². The summed E-state index contributed by atoms with van der Waals surface area (Å²) in [5.41, 5.74) is 3.47. The van der Waals surface area contributed by atoms with Crippen LogP contribution in [0.1, 0.15) is 0 Å². The van der Waals surface area contributed by atoms with Gasteiger partial charge in [0.05, 0.1) is 36.5 Å². The van der Waals surface area contributed by atoms with Crippen LogP contribution in [0.3, 0.4) is 0 Å². The number of pyridine rings is 1. The Hall–Kier alpha value is -3.58. The molecule has 2 amide bonds. The summed E-state index contributed by atoms with van der Waals surface area (Å²) < 4.78 is 5.45. The molecule has 1 aliphatic heterocycles. The van der Waals surface area contributed by atoms with Crippen LogP contribution < -0.4 is 20.9 Å². The van der Waals surface area contributed by atoms with Crippen molar-refractivity contribution < 1.29 is 9.53 Å². The van der Waals surface area contributed by atoms with Crippen LogP contribution in [0.4, 0.5) is 33.4 Å². The Balaban J connectivity index is 1.39. The third-order valence-electron chi connectivity index (χ3n) is 4.57. The normalized spacial score (nSPS) is 13.6. The average molecular weight is 389 g/mol. The SMILES string of the molecule is O=C(Nc1ccccc1)Nc1ccc(Nc2ccccc2N2CCOCC2)nc1. The number of hydrogen-bond acceptors (Lipinski definition) is 5. The molecule has 4 rings (SSSR count). The molecule has 7 nitrogen and oxygen atoms in total. The predicted octanol–water partition coefficient (Wildman–Crippen LogP) is 4.31. The summed E-state index contributed by atoms with van der Waals surface area (Å²) in [5, 5.41) is 8.93. The quantitative estimate of drug-likeness (QED) is 0.606. The fraction of sp³-hybridized carbons (Fsp3) is 0.182. The summed E-state index contributed by atoms with van der Waals surface area (Å²) in [6.45, 7) is 3.20. The third-order valence-corrected chi connectivity index (χ3v) is 4.57. The maximum atomic E-state index is 12.1. The van der Waals surface area contributed by atoms with E-state index in [1.54, 1.807) is 6.20 Å². The second kappa shape index (κ2) is 9.07. The van der Waals surface area contributed by atoms with Crippen molar-refractivity contribution in [2.75, 3.05) is 47.2 Å². The first kappa shape index (κ1) is 18.8. The van der Waals surface area contributed by atoms with Crippen LogP contribution in [-0.4, -0.2) is 37.3 Å². The Morgan fingerprint density at radius 3 is 2.34 bits per heavy atom. The first-order valence-electron chi connectivity index (χ1n) is 9.56. The number of para-hydroxylation sites is 3. The first-order valence-corrected chi connectivity index (χ1v) is 9.56. The zero-order valence-electron chi connectivity index (χ0n) is 16.0. The second-order valence-electron chi connectivity index (χ2n) is 6.62. The van der Waals surface area contributed by atoms with E-state index in [9.17, 15) is 4.79 Å². The van der Waals surface area contributed by atoms with Crippen LogP contribution in [0, 0.1) is 0 Å². The Bertz CT molecular complexity index is 941. The molecular weight excluding hydrogens is 366 g/mol. The zero-order valence-corrected chi connectivity index (χ0v) is 16.0. The molecule has 2 aromatic carbocycles. The number of amides is 2. The van der Waals surface area contributed by atoms with E-state index < -0.39 is 0 Å². The predicted molar refractivity (Wildman–Crippen MR) is 116 cm³/mol. The lowest BCUT2D eigenvalue weighted by Crippen LogP contribution is -2.36. The Morgan fingerprint density at radius 2 is 1.59 bits per heavy atom. The number of rotatable bonds is 5. The van der Waals surface area contributed by atoms with Crippen molar-refractivity contribution in [2.45, 2.75) is 0 Å². The number of nitrogens with one attached hydrogen (secondary N) is 3. The number of nitrogens with zero attached hydrogens (tertiary/aromatic N) is 2.